The van der Waals surface area contributed by atoms with Crippen molar-refractivity contribution in [3.63, 3.8) is 0 Å². The predicted octanol–water partition coefficient (Wildman–Crippen LogP) is 4.03. The van der Waals surface area contributed by atoms with Gasteiger partial charge in [0, 0.05) is 24.8 Å². The van der Waals surface area contributed by atoms with Crippen LogP contribution in [0.5, 0.6) is 5.88 Å². The number of aromatic nitrogens is 1. The maximum Gasteiger partial charge on any atom is 0.422 e. The second-order valence-electron chi connectivity index (χ2n) is 6.08. The van der Waals surface area contributed by atoms with Crippen molar-refractivity contribution in [3.8, 4) is 5.88 Å². The van der Waals surface area contributed by atoms with E-state index in [1.807, 2.05) is 6.92 Å². The number of hydrogen-bond acceptors (Lipinski definition) is 3. The van der Waals surface area contributed by atoms with Crippen LogP contribution in [-0.4, -0.2) is 36.3 Å². The van der Waals surface area contributed by atoms with Crippen LogP contribution < -0.4 is 15.4 Å². The minimum absolute atomic E-state index is 0. The Labute approximate surface area is 169 Å². The number of halogens is 4. The van der Waals surface area contributed by atoms with Crippen LogP contribution in [0, 0.1) is 0 Å². The number of pyridine rings is 1. The molecule has 1 saturated carbocycles. The molecule has 0 aromatic carbocycles. The minimum Gasteiger partial charge on any atom is -0.468 e. The Balaban J connectivity index is 0.00000338. The van der Waals surface area contributed by atoms with Gasteiger partial charge in [-0.25, -0.2) is 9.98 Å². The van der Waals surface area contributed by atoms with Crippen molar-refractivity contribution in [1.29, 1.82) is 0 Å². The highest BCUT2D eigenvalue weighted by molar-refractivity contribution is 14.0. The van der Waals surface area contributed by atoms with Crippen molar-refractivity contribution >= 4 is 29.9 Å². The normalized spacial score (nSPS) is 15.9. The van der Waals surface area contributed by atoms with Crippen LogP contribution in [0.1, 0.15) is 44.6 Å². The lowest BCUT2D eigenvalue weighted by molar-refractivity contribution is -0.154. The predicted molar refractivity (Wildman–Crippen MR) is 106 cm³/mol. The fraction of sp³-hybridized carbons (Fsp3) is 0.647. The summed E-state index contributed by atoms with van der Waals surface area (Å²) in [7, 11) is 0. The molecule has 148 valence electrons. The highest BCUT2D eigenvalue weighted by atomic mass is 127. The van der Waals surface area contributed by atoms with Gasteiger partial charge in [0.1, 0.15) is 0 Å². The molecule has 2 rings (SSSR count). The highest BCUT2D eigenvalue weighted by Crippen LogP contribution is 2.18. The number of aliphatic imine (C=N–C) groups is 1. The van der Waals surface area contributed by atoms with Gasteiger partial charge < -0.3 is 15.4 Å². The first-order chi connectivity index (χ1) is 12.0. The Morgan fingerprint density at radius 2 is 2.04 bits per heavy atom. The Kier molecular flexibility index (Phi) is 10.0. The zero-order valence-electron chi connectivity index (χ0n) is 14.8. The molecule has 0 radical (unpaired) electrons. The first-order valence-corrected chi connectivity index (χ1v) is 8.65. The summed E-state index contributed by atoms with van der Waals surface area (Å²) >= 11 is 0. The minimum atomic E-state index is -4.38. The van der Waals surface area contributed by atoms with Gasteiger partial charge >= 0.3 is 6.18 Å². The zero-order chi connectivity index (χ0) is 18.1. The third-order valence-electron chi connectivity index (χ3n) is 3.89. The van der Waals surface area contributed by atoms with Gasteiger partial charge in [-0.15, -0.1) is 24.0 Å². The molecular weight excluding hydrogens is 460 g/mol. The molecule has 1 fully saturated rings. The van der Waals surface area contributed by atoms with E-state index in [1.54, 1.807) is 6.07 Å². The van der Waals surface area contributed by atoms with Crippen molar-refractivity contribution < 1.29 is 17.9 Å². The lowest BCUT2D eigenvalue weighted by atomic mass is 9.96. The van der Waals surface area contributed by atoms with Crippen molar-refractivity contribution in [2.75, 3.05) is 13.2 Å². The van der Waals surface area contributed by atoms with Gasteiger partial charge in [-0.2, -0.15) is 13.2 Å². The number of nitrogens with one attached hydrogen (secondary N) is 2. The van der Waals surface area contributed by atoms with E-state index in [-0.39, 0.29) is 29.9 Å². The molecule has 0 saturated heterocycles. The molecule has 0 spiro atoms. The van der Waals surface area contributed by atoms with Crippen LogP contribution in [0.4, 0.5) is 13.2 Å². The Hall–Kier alpha value is -1.26. The smallest absolute Gasteiger partial charge is 0.422 e. The molecule has 1 aromatic rings. The van der Waals surface area contributed by atoms with Crippen LogP contribution in [0.15, 0.2) is 23.3 Å². The maximum atomic E-state index is 12.2. The number of ether oxygens (including phenoxy) is 1. The van der Waals surface area contributed by atoms with Crippen LogP contribution in [0.25, 0.3) is 0 Å². The lowest BCUT2D eigenvalue weighted by Gasteiger charge is -2.24. The molecule has 0 unspecified atom stereocenters. The third-order valence-corrected chi connectivity index (χ3v) is 3.89. The van der Waals surface area contributed by atoms with E-state index in [4.69, 9.17) is 0 Å². The van der Waals surface area contributed by atoms with Gasteiger partial charge in [-0.05, 0) is 31.4 Å². The lowest BCUT2D eigenvalue weighted by Crippen LogP contribution is -2.44. The summed E-state index contributed by atoms with van der Waals surface area (Å²) in [4.78, 5) is 8.31. The second kappa shape index (κ2) is 11.5. The van der Waals surface area contributed by atoms with Crippen molar-refractivity contribution in [1.82, 2.24) is 15.6 Å². The van der Waals surface area contributed by atoms with E-state index >= 15 is 0 Å². The maximum absolute atomic E-state index is 12.2. The van der Waals surface area contributed by atoms with E-state index in [0.717, 1.165) is 30.9 Å². The van der Waals surface area contributed by atoms with Crippen LogP contribution in [0.3, 0.4) is 0 Å². The number of hydrogen-bond donors (Lipinski definition) is 2. The van der Waals surface area contributed by atoms with E-state index in [9.17, 15) is 13.2 Å². The first-order valence-electron chi connectivity index (χ1n) is 8.65. The van der Waals surface area contributed by atoms with Crippen LogP contribution >= 0.6 is 24.0 Å². The highest BCUT2D eigenvalue weighted by Gasteiger charge is 2.28. The third kappa shape index (κ3) is 8.91. The van der Waals surface area contributed by atoms with E-state index < -0.39 is 12.8 Å². The van der Waals surface area contributed by atoms with Crippen LogP contribution in [-0.2, 0) is 6.54 Å². The topological polar surface area (TPSA) is 58.5 Å². The summed E-state index contributed by atoms with van der Waals surface area (Å²) in [5.41, 5.74) is 0.744. The van der Waals surface area contributed by atoms with Crippen molar-refractivity contribution in [2.45, 2.75) is 57.8 Å². The average Bonchev–Trinajstić information content (AvgIpc) is 2.59. The van der Waals surface area contributed by atoms with E-state index in [0.29, 0.717) is 12.6 Å². The average molecular weight is 486 g/mol. The standard InChI is InChI=1S/C17H25F3N4O.HI/c1-2-21-16(24-14-6-4-3-5-7-14)23-11-13-8-9-22-15(10-13)25-12-17(18,19)20;/h8-10,14H,2-7,11-12H2,1H3,(H2,21,23,24);1H. The SMILES string of the molecule is CCNC(=NCc1ccnc(OCC(F)(F)F)c1)NC1CCCCC1.I. The molecule has 1 heterocycles. The summed E-state index contributed by atoms with van der Waals surface area (Å²) in [5, 5.41) is 6.63. The second-order valence-corrected chi connectivity index (χ2v) is 6.08. The summed E-state index contributed by atoms with van der Waals surface area (Å²) < 4.78 is 41.3. The molecule has 1 aromatic heterocycles. The number of guanidine groups is 1. The number of rotatable bonds is 6. The summed E-state index contributed by atoms with van der Waals surface area (Å²) in [5.74, 6) is 0.680. The summed E-state index contributed by atoms with van der Waals surface area (Å²) in [6.07, 6.45) is 3.05. The Morgan fingerprint density at radius 3 is 2.69 bits per heavy atom. The van der Waals surface area contributed by atoms with Gasteiger partial charge in [-0.1, -0.05) is 19.3 Å². The van der Waals surface area contributed by atoms with E-state index in [2.05, 4.69) is 25.3 Å². The van der Waals surface area contributed by atoms with Gasteiger partial charge in [0.05, 0.1) is 6.54 Å². The largest absolute Gasteiger partial charge is 0.468 e. The molecule has 2 N–H and O–H groups in total. The molecule has 26 heavy (non-hydrogen) atoms. The molecule has 0 bridgehead atoms. The number of alkyl halides is 3. The quantitative estimate of drug-likeness (QED) is 0.362. The monoisotopic (exact) mass is 486 g/mol. The molecule has 0 amide bonds. The van der Waals surface area contributed by atoms with Crippen LogP contribution in [0.2, 0.25) is 0 Å². The Morgan fingerprint density at radius 1 is 1.31 bits per heavy atom. The molecule has 1 aliphatic carbocycles. The van der Waals surface area contributed by atoms with E-state index in [1.165, 1.54) is 31.5 Å². The van der Waals surface area contributed by atoms with Gasteiger partial charge in [-0.3, -0.25) is 0 Å². The van der Waals surface area contributed by atoms with Gasteiger partial charge in [0.15, 0.2) is 12.6 Å². The van der Waals surface area contributed by atoms with Crippen molar-refractivity contribution in [2.24, 2.45) is 4.99 Å². The molecule has 5 nitrogen and oxygen atoms in total. The Bertz CT molecular complexity index is 563. The first kappa shape index (κ1) is 22.8. The number of nitrogens with zero attached hydrogens (tertiary/aromatic N) is 2. The molecular formula is C17H26F3IN4O. The van der Waals surface area contributed by atoms with Gasteiger partial charge in [0.2, 0.25) is 5.88 Å². The van der Waals surface area contributed by atoms with Gasteiger partial charge in [0.25, 0.3) is 0 Å². The fourth-order valence-electron chi connectivity index (χ4n) is 2.71. The summed E-state index contributed by atoms with van der Waals surface area (Å²) in [6.45, 7) is 1.73. The molecule has 0 atom stereocenters. The van der Waals surface area contributed by atoms with Crippen molar-refractivity contribution in [3.05, 3.63) is 23.9 Å². The molecule has 9 heteroatoms. The molecule has 1 aliphatic rings. The molecule has 0 aliphatic heterocycles. The zero-order valence-corrected chi connectivity index (χ0v) is 17.1. The fourth-order valence-corrected chi connectivity index (χ4v) is 2.71. The summed E-state index contributed by atoms with van der Waals surface area (Å²) in [6, 6.07) is 3.63.